The van der Waals surface area contributed by atoms with E-state index in [-0.39, 0.29) is 18.3 Å². The number of ether oxygens (including phenoxy) is 3. The Balaban J connectivity index is 2.04. The quantitative estimate of drug-likeness (QED) is 0.637. The number of nitrogens with one attached hydrogen (secondary N) is 2. The fraction of sp³-hybridized carbons (Fsp3) is 0.286. The van der Waals surface area contributed by atoms with Crippen LogP contribution in [0.1, 0.15) is 31.1 Å². The molecule has 30 heavy (non-hydrogen) atoms. The van der Waals surface area contributed by atoms with Crippen LogP contribution in [0.4, 0.5) is 16.2 Å². The molecule has 0 aliphatic rings. The van der Waals surface area contributed by atoms with Crippen LogP contribution < -0.4 is 25.8 Å². The summed E-state index contributed by atoms with van der Waals surface area (Å²) in [6.45, 7) is 4.98. The van der Waals surface area contributed by atoms with Crippen LogP contribution in [0.2, 0.25) is 0 Å². The Kier molecular flexibility index (Phi) is 7.24. The van der Waals surface area contributed by atoms with Crippen LogP contribution in [0.5, 0.6) is 11.5 Å². The summed E-state index contributed by atoms with van der Waals surface area (Å²) in [6, 6.07) is 11.1. The zero-order chi connectivity index (χ0) is 22.3. The fourth-order valence-electron chi connectivity index (χ4n) is 2.35. The second-order valence-electron chi connectivity index (χ2n) is 7.28. The van der Waals surface area contributed by atoms with Crippen LogP contribution in [-0.2, 0) is 9.53 Å². The van der Waals surface area contributed by atoms with Gasteiger partial charge in [-0.25, -0.2) is 4.79 Å². The van der Waals surface area contributed by atoms with Crippen molar-refractivity contribution in [3.63, 3.8) is 0 Å². The maximum atomic E-state index is 12.5. The van der Waals surface area contributed by atoms with Crippen molar-refractivity contribution >= 4 is 29.3 Å². The molecule has 2 aromatic carbocycles. The molecule has 0 aromatic heterocycles. The molecule has 0 heterocycles. The molecule has 0 atom stereocenters. The van der Waals surface area contributed by atoms with E-state index in [1.807, 2.05) is 0 Å². The van der Waals surface area contributed by atoms with Gasteiger partial charge in [-0.15, -0.1) is 0 Å². The Bertz CT molecular complexity index is 919. The van der Waals surface area contributed by atoms with Crippen molar-refractivity contribution in [1.82, 2.24) is 0 Å². The van der Waals surface area contributed by atoms with Gasteiger partial charge in [-0.3, -0.25) is 14.9 Å². The zero-order valence-electron chi connectivity index (χ0n) is 17.3. The van der Waals surface area contributed by atoms with Gasteiger partial charge in [0.25, 0.3) is 11.8 Å². The maximum Gasteiger partial charge on any atom is 0.412 e. The summed E-state index contributed by atoms with van der Waals surface area (Å²) in [6.07, 6.45) is -0.582. The smallest absolute Gasteiger partial charge is 0.412 e. The Morgan fingerprint density at radius 1 is 0.933 bits per heavy atom. The minimum Gasteiger partial charge on any atom is -0.493 e. The van der Waals surface area contributed by atoms with Gasteiger partial charge in [0.15, 0.2) is 18.1 Å². The highest BCUT2D eigenvalue weighted by atomic mass is 16.6. The highest BCUT2D eigenvalue weighted by molar-refractivity contribution is 6.04. The van der Waals surface area contributed by atoms with Gasteiger partial charge in [0.1, 0.15) is 5.60 Å². The number of rotatable bonds is 7. The Hall–Kier alpha value is -3.75. The van der Waals surface area contributed by atoms with Crippen molar-refractivity contribution in [1.29, 1.82) is 0 Å². The first-order valence-electron chi connectivity index (χ1n) is 9.08. The van der Waals surface area contributed by atoms with Crippen molar-refractivity contribution in [3.05, 3.63) is 48.0 Å². The van der Waals surface area contributed by atoms with Crippen molar-refractivity contribution < 1.29 is 28.6 Å². The van der Waals surface area contributed by atoms with E-state index < -0.39 is 17.6 Å². The topological polar surface area (TPSA) is 129 Å². The average molecular weight is 415 g/mol. The molecule has 0 aliphatic heterocycles. The molecule has 3 amide bonds. The van der Waals surface area contributed by atoms with E-state index in [0.717, 1.165) is 0 Å². The monoisotopic (exact) mass is 415 g/mol. The number of primary amides is 1. The lowest BCUT2D eigenvalue weighted by Gasteiger charge is -2.19. The summed E-state index contributed by atoms with van der Waals surface area (Å²) >= 11 is 0. The molecule has 0 saturated heterocycles. The number of benzene rings is 2. The SMILES string of the molecule is COc1ccc(NC(=O)c2ccc(NC(=O)OC(C)(C)C)cc2)cc1OCC(N)=O. The number of carbonyl (C=O) groups is 3. The largest absolute Gasteiger partial charge is 0.493 e. The van der Waals surface area contributed by atoms with Gasteiger partial charge in [0.05, 0.1) is 7.11 Å². The summed E-state index contributed by atoms with van der Waals surface area (Å²) in [5, 5.41) is 5.32. The van der Waals surface area contributed by atoms with E-state index in [4.69, 9.17) is 19.9 Å². The molecule has 0 bridgehead atoms. The molecular weight excluding hydrogens is 390 g/mol. The van der Waals surface area contributed by atoms with Crippen molar-refractivity contribution in [2.45, 2.75) is 26.4 Å². The molecule has 2 rings (SSSR count). The second-order valence-corrected chi connectivity index (χ2v) is 7.28. The first-order valence-corrected chi connectivity index (χ1v) is 9.08. The van der Waals surface area contributed by atoms with Crippen LogP contribution >= 0.6 is 0 Å². The van der Waals surface area contributed by atoms with E-state index in [1.54, 1.807) is 57.2 Å². The highest BCUT2D eigenvalue weighted by Crippen LogP contribution is 2.30. The molecule has 9 nitrogen and oxygen atoms in total. The van der Waals surface area contributed by atoms with E-state index in [1.165, 1.54) is 13.2 Å². The van der Waals surface area contributed by atoms with E-state index in [2.05, 4.69) is 10.6 Å². The van der Waals surface area contributed by atoms with E-state index in [9.17, 15) is 14.4 Å². The summed E-state index contributed by atoms with van der Waals surface area (Å²) in [5.41, 5.74) is 5.79. The summed E-state index contributed by atoms with van der Waals surface area (Å²) in [5.74, 6) is -0.339. The lowest BCUT2D eigenvalue weighted by Crippen LogP contribution is -2.27. The van der Waals surface area contributed by atoms with Gasteiger partial charge in [-0.1, -0.05) is 0 Å². The van der Waals surface area contributed by atoms with Crippen LogP contribution in [0, 0.1) is 0 Å². The van der Waals surface area contributed by atoms with Crippen molar-refractivity contribution in [2.75, 3.05) is 24.4 Å². The zero-order valence-corrected chi connectivity index (χ0v) is 17.3. The molecule has 160 valence electrons. The number of hydrogen-bond acceptors (Lipinski definition) is 6. The standard InChI is InChI=1S/C21H25N3O6/c1-21(2,3)30-20(27)24-14-7-5-13(6-8-14)19(26)23-15-9-10-16(28-4)17(11-15)29-12-18(22)25/h5-11H,12H2,1-4H3,(H2,22,25)(H,23,26)(H,24,27). The normalized spacial score (nSPS) is 10.7. The molecule has 0 aliphatic carbocycles. The highest BCUT2D eigenvalue weighted by Gasteiger charge is 2.16. The van der Waals surface area contributed by atoms with Gasteiger partial charge in [-0.05, 0) is 57.2 Å². The number of carbonyl (C=O) groups excluding carboxylic acids is 3. The Morgan fingerprint density at radius 2 is 1.57 bits per heavy atom. The minimum atomic E-state index is -0.633. The third-order valence-corrected chi connectivity index (χ3v) is 3.58. The first kappa shape index (κ1) is 22.5. The number of hydrogen-bond donors (Lipinski definition) is 3. The van der Waals surface area contributed by atoms with Gasteiger partial charge >= 0.3 is 6.09 Å². The number of amides is 3. The molecule has 2 aromatic rings. The average Bonchev–Trinajstić information content (AvgIpc) is 2.65. The molecule has 4 N–H and O–H groups in total. The van der Waals surface area contributed by atoms with E-state index >= 15 is 0 Å². The van der Waals surface area contributed by atoms with Gasteiger partial charge in [-0.2, -0.15) is 0 Å². The molecule has 0 saturated carbocycles. The first-order chi connectivity index (χ1) is 14.1. The Labute approximate surface area is 174 Å². The van der Waals surface area contributed by atoms with Crippen molar-refractivity contribution in [2.24, 2.45) is 5.73 Å². The maximum absolute atomic E-state index is 12.5. The lowest BCUT2D eigenvalue weighted by molar-refractivity contribution is -0.119. The van der Waals surface area contributed by atoms with Crippen LogP contribution in [0.3, 0.4) is 0 Å². The van der Waals surface area contributed by atoms with Crippen LogP contribution in [-0.4, -0.2) is 37.2 Å². The minimum absolute atomic E-state index is 0.269. The predicted octanol–water partition coefficient (Wildman–Crippen LogP) is 3.16. The molecule has 9 heteroatoms. The van der Waals surface area contributed by atoms with Gasteiger partial charge in [0, 0.05) is 23.0 Å². The van der Waals surface area contributed by atoms with Crippen LogP contribution in [0.25, 0.3) is 0 Å². The molecular formula is C21H25N3O6. The van der Waals surface area contributed by atoms with Crippen LogP contribution in [0.15, 0.2) is 42.5 Å². The third kappa shape index (κ3) is 7.01. The number of nitrogens with two attached hydrogens (primary N) is 1. The molecule has 0 unspecified atom stereocenters. The summed E-state index contributed by atoms with van der Waals surface area (Å²) in [4.78, 5) is 35.2. The van der Waals surface area contributed by atoms with Crippen molar-refractivity contribution in [3.8, 4) is 11.5 Å². The van der Waals surface area contributed by atoms with Gasteiger partial charge in [0.2, 0.25) is 0 Å². The number of anilines is 2. The predicted molar refractivity (Wildman–Crippen MR) is 112 cm³/mol. The molecule has 0 fully saturated rings. The molecule has 0 radical (unpaired) electrons. The number of methoxy groups -OCH3 is 1. The molecule has 0 spiro atoms. The fourth-order valence-corrected chi connectivity index (χ4v) is 2.35. The second kappa shape index (κ2) is 9.64. The Morgan fingerprint density at radius 3 is 2.13 bits per heavy atom. The van der Waals surface area contributed by atoms with E-state index in [0.29, 0.717) is 22.7 Å². The lowest BCUT2D eigenvalue weighted by atomic mass is 10.2. The summed E-state index contributed by atoms with van der Waals surface area (Å²) < 4.78 is 15.6. The van der Waals surface area contributed by atoms with Gasteiger partial charge < -0.3 is 25.3 Å². The summed E-state index contributed by atoms with van der Waals surface area (Å²) in [7, 11) is 1.46. The third-order valence-electron chi connectivity index (χ3n) is 3.58.